The topological polar surface area (TPSA) is 67.9 Å². The van der Waals surface area contributed by atoms with Crippen molar-refractivity contribution in [2.24, 2.45) is 0 Å². The molecular weight excluding hydrogens is 379 g/mol. The van der Waals surface area contributed by atoms with Gasteiger partial charge in [-0.2, -0.15) is 0 Å². The standard InChI is InChI=1S/C18H12Cl2N2O4/c1-25-13-7-6-9(19)8-12(13)22-17(23)14-15(21-26-16(14)18(22)24)10-4-2-3-5-11(10)20/h2-8,16,21H,1H3/t16-/m0/s1. The maximum absolute atomic E-state index is 13.1. The van der Waals surface area contributed by atoms with Crippen molar-refractivity contribution in [1.82, 2.24) is 5.48 Å². The first-order valence-corrected chi connectivity index (χ1v) is 8.41. The summed E-state index contributed by atoms with van der Waals surface area (Å²) in [6, 6.07) is 11.7. The number of methoxy groups -OCH3 is 1. The molecule has 0 unspecified atom stereocenters. The van der Waals surface area contributed by atoms with Gasteiger partial charge in [0, 0.05) is 15.6 Å². The molecule has 0 spiro atoms. The van der Waals surface area contributed by atoms with E-state index in [0.717, 1.165) is 4.90 Å². The summed E-state index contributed by atoms with van der Waals surface area (Å²) in [5.41, 5.74) is 4.07. The lowest BCUT2D eigenvalue weighted by atomic mass is 10.0. The summed E-state index contributed by atoms with van der Waals surface area (Å²) in [4.78, 5) is 32.3. The van der Waals surface area contributed by atoms with Crippen LogP contribution in [-0.4, -0.2) is 25.0 Å². The Morgan fingerprint density at radius 1 is 1.15 bits per heavy atom. The van der Waals surface area contributed by atoms with Crippen LogP contribution in [0.3, 0.4) is 0 Å². The van der Waals surface area contributed by atoms with Gasteiger partial charge in [0.05, 0.1) is 24.1 Å². The first-order chi connectivity index (χ1) is 12.5. The number of carbonyl (C=O) groups is 2. The second-order valence-electron chi connectivity index (χ2n) is 5.66. The molecule has 2 amide bonds. The Kier molecular flexibility index (Phi) is 4.11. The Hall–Kier alpha value is -2.54. The minimum atomic E-state index is -1.06. The molecule has 0 saturated carbocycles. The molecule has 2 aliphatic rings. The highest BCUT2D eigenvalue weighted by Crippen LogP contribution is 2.41. The normalized spacial score (nSPS) is 19.0. The molecule has 4 rings (SSSR count). The van der Waals surface area contributed by atoms with Crippen molar-refractivity contribution >= 4 is 46.4 Å². The number of hydrogen-bond acceptors (Lipinski definition) is 5. The highest BCUT2D eigenvalue weighted by atomic mass is 35.5. The zero-order valence-corrected chi connectivity index (χ0v) is 15.0. The Balaban J connectivity index is 1.85. The van der Waals surface area contributed by atoms with E-state index in [1.165, 1.54) is 13.2 Å². The molecule has 0 aliphatic carbocycles. The molecule has 1 atom stereocenters. The number of amides is 2. The fourth-order valence-electron chi connectivity index (χ4n) is 3.02. The summed E-state index contributed by atoms with van der Waals surface area (Å²) in [7, 11) is 1.45. The molecule has 2 aromatic rings. The molecule has 8 heteroatoms. The molecule has 0 aromatic heterocycles. The highest BCUT2D eigenvalue weighted by molar-refractivity contribution is 6.36. The van der Waals surface area contributed by atoms with E-state index in [0.29, 0.717) is 27.1 Å². The summed E-state index contributed by atoms with van der Waals surface area (Å²) in [5.74, 6) is -0.690. The van der Waals surface area contributed by atoms with Crippen molar-refractivity contribution < 1.29 is 19.2 Å². The van der Waals surface area contributed by atoms with Crippen molar-refractivity contribution in [2.75, 3.05) is 12.0 Å². The van der Waals surface area contributed by atoms with Gasteiger partial charge >= 0.3 is 0 Å². The van der Waals surface area contributed by atoms with E-state index in [1.807, 2.05) is 0 Å². The van der Waals surface area contributed by atoms with E-state index in [1.54, 1.807) is 36.4 Å². The van der Waals surface area contributed by atoms with Gasteiger partial charge in [0.15, 0.2) is 6.10 Å². The van der Waals surface area contributed by atoms with Gasteiger partial charge in [0.1, 0.15) is 5.75 Å². The second-order valence-corrected chi connectivity index (χ2v) is 6.51. The molecule has 1 saturated heterocycles. The first kappa shape index (κ1) is 16.9. The fraction of sp³-hybridized carbons (Fsp3) is 0.111. The van der Waals surface area contributed by atoms with Gasteiger partial charge < -0.3 is 4.74 Å². The summed E-state index contributed by atoms with van der Waals surface area (Å²) in [6.07, 6.45) is -1.06. The zero-order chi connectivity index (χ0) is 18.4. The number of halogens is 2. The lowest BCUT2D eigenvalue weighted by Crippen LogP contribution is -2.34. The average Bonchev–Trinajstić information content (AvgIpc) is 3.16. The largest absolute Gasteiger partial charge is 0.495 e. The van der Waals surface area contributed by atoms with Crippen LogP contribution < -0.4 is 15.1 Å². The van der Waals surface area contributed by atoms with Gasteiger partial charge in [-0.1, -0.05) is 41.4 Å². The Bertz CT molecular complexity index is 973. The van der Waals surface area contributed by atoms with Gasteiger partial charge in [-0.25, -0.2) is 4.90 Å². The highest BCUT2D eigenvalue weighted by Gasteiger charge is 2.51. The van der Waals surface area contributed by atoms with E-state index >= 15 is 0 Å². The minimum Gasteiger partial charge on any atom is -0.495 e. The van der Waals surface area contributed by atoms with Gasteiger partial charge in [0.2, 0.25) is 0 Å². The van der Waals surface area contributed by atoms with Gasteiger partial charge in [-0.15, -0.1) is 0 Å². The van der Waals surface area contributed by atoms with Crippen LogP contribution in [0.25, 0.3) is 5.70 Å². The number of hydroxylamine groups is 1. The van der Waals surface area contributed by atoms with Crippen LogP contribution in [0.2, 0.25) is 10.0 Å². The van der Waals surface area contributed by atoms with Gasteiger partial charge in [0.25, 0.3) is 11.8 Å². The molecule has 6 nitrogen and oxygen atoms in total. The lowest BCUT2D eigenvalue weighted by Gasteiger charge is -2.18. The third-order valence-corrected chi connectivity index (χ3v) is 4.78. The lowest BCUT2D eigenvalue weighted by molar-refractivity contribution is -0.127. The maximum atomic E-state index is 13.1. The molecular formula is C18H12Cl2N2O4. The number of hydrogen-bond donors (Lipinski definition) is 1. The number of nitrogens with one attached hydrogen (secondary N) is 1. The SMILES string of the molecule is COc1ccc(Cl)cc1N1C(=O)C2=C(c3ccccc3Cl)NO[C@@H]2C1=O. The van der Waals surface area contributed by atoms with E-state index < -0.39 is 17.9 Å². The number of ether oxygens (including phenoxy) is 1. The van der Waals surface area contributed by atoms with Gasteiger partial charge in [-0.05, 0) is 24.3 Å². The molecule has 132 valence electrons. The van der Waals surface area contributed by atoms with Crippen LogP contribution in [0.1, 0.15) is 5.56 Å². The first-order valence-electron chi connectivity index (χ1n) is 7.65. The molecule has 2 heterocycles. The Morgan fingerprint density at radius 3 is 2.65 bits per heavy atom. The van der Waals surface area contributed by atoms with Crippen LogP contribution in [0.5, 0.6) is 5.75 Å². The third-order valence-electron chi connectivity index (χ3n) is 4.21. The molecule has 1 N–H and O–H groups in total. The quantitative estimate of drug-likeness (QED) is 0.815. The molecule has 26 heavy (non-hydrogen) atoms. The van der Waals surface area contributed by atoms with Crippen LogP contribution in [0.4, 0.5) is 5.69 Å². The summed E-state index contributed by atoms with van der Waals surface area (Å²) in [6.45, 7) is 0. The summed E-state index contributed by atoms with van der Waals surface area (Å²) in [5, 5.41) is 0.809. The number of carbonyl (C=O) groups excluding carboxylic acids is 2. The van der Waals surface area contributed by atoms with Crippen molar-refractivity contribution in [3.63, 3.8) is 0 Å². The Labute approximate surface area is 158 Å². The molecule has 1 fully saturated rings. The summed E-state index contributed by atoms with van der Waals surface area (Å²) < 4.78 is 5.26. The number of nitrogens with zero attached hydrogens (tertiary/aromatic N) is 1. The van der Waals surface area contributed by atoms with E-state index in [4.69, 9.17) is 32.8 Å². The zero-order valence-electron chi connectivity index (χ0n) is 13.5. The average molecular weight is 391 g/mol. The number of anilines is 1. The van der Waals surface area contributed by atoms with Crippen LogP contribution in [0.15, 0.2) is 48.0 Å². The van der Waals surface area contributed by atoms with Crippen LogP contribution in [-0.2, 0) is 14.4 Å². The van der Waals surface area contributed by atoms with Crippen molar-refractivity contribution in [3.8, 4) is 5.75 Å². The van der Waals surface area contributed by atoms with Crippen molar-refractivity contribution in [1.29, 1.82) is 0 Å². The van der Waals surface area contributed by atoms with Gasteiger partial charge in [-0.3, -0.25) is 19.9 Å². The molecule has 0 bridgehead atoms. The Morgan fingerprint density at radius 2 is 1.92 bits per heavy atom. The van der Waals surface area contributed by atoms with Crippen molar-refractivity contribution in [3.05, 3.63) is 63.6 Å². The summed E-state index contributed by atoms with van der Waals surface area (Å²) >= 11 is 12.3. The minimum absolute atomic E-state index is 0.199. The van der Waals surface area contributed by atoms with E-state index in [-0.39, 0.29) is 11.3 Å². The predicted octanol–water partition coefficient (Wildman–Crippen LogP) is 3.19. The van der Waals surface area contributed by atoms with E-state index in [9.17, 15) is 9.59 Å². The number of benzene rings is 2. The van der Waals surface area contributed by atoms with Crippen LogP contribution in [0, 0.1) is 0 Å². The smallest absolute Gasteiger partial charge is 0.270 e. The molecule has 2 aromatic carbocycles. The number of fused-ring (bicyclic) bond motifs is 1. The second kappa shape index (κ2) is 6.32. The predicted molar refractivity (Wildman–Crippen MR) is 96.9 cm³/mol. The molecule has 0 radical (unpaired) electrons. The number of rotatable bonds is 3. The maximum Gasteiger partial charge on any atom is 0.270 e. The van der Waals surface area contributed by atoms with E-state index in [2.05, 4.69) is 5.48 Å². The van der Waals surface area contributed by atoms with Crippen LogP contribution >= 0.6 is 23.2 Å². The van der Waals surface area contributed by atoms with Crippen molar-refractivity contribution in [2.45, 2.75) is 6.10 Å². The molecule has 2 aliphatic heterocycles. The third kappa shape index (κ3) is 2.46. The fourth-order valence-corrected chi connectivity index (χ4v) is 3.42. The monoisotopic (exact) mass is 390 g/mol. The number of imide groups is 1.